The van der Waals surface area contributed by atoms with Crippen LogP contribution in [0.5, 0.6) is 0 Å². The van der Waals surface area contributed by atoms with Crippen molar-refractivity contribution in [3.8, 4) is 0 Å². The molecule has 0 amide bonds. The summed E-state index contributed by atoms with van der Waals surface area (Å²) >= 11 is 0. The first-order chi connectivity index (χ1) is 5.72. The van der Waals surface area contributed by atoms with Gasteiger partial charge >= 0.3 is 0 Å². The number of nitrogens with two attached hydrogens (primary N) is 1. The molecule has 12 heavy (non-hydrogen) atoms. The third kappa shape index (κ3) is 2.35. The lowest BCUT2D eigenvalue weighted by Crippen LogP contribution is -2.12. The zero-order valence-corrected chi connectivity index (χ0v) is 6.83. The molecule has 0 unspecified atom stereocenters. The molecule has 0 saturated heterocycles. The average Bonchev–Trinajstić information content (AvgIpc) is 1.99. The third-order valence-corrected chi connectivity index (χ3v) is 1.27. The summed E-state index contributed by atoms with van der Waals surface area (Å²) < 4.78 is 5.06. The Labute approximate surface area is 69.6 Å². The van der Waals surface area contributed by atoms with Crippen LogP contribution in [0.3, 0.4) is 0 Å². The lowest BCUT2D eigenvalue weighted by atomic mass is 10.4. The molecule has 0 fully saturated rings. The molecule has 0 aliphatic rings. The van der Waals surface area contributed by atoms with Crippen molar-refractivity contribution < 1.29 is 4.74 Å². The van der Waals surface area contributed by atoms with Crippen LogP contribution in [0.4, 0.5) is 5.95 Å². The number of nitrogens with zero attached hydrogens (tertiary/aromatic N) is 1. The summed E-state index contributed by atoms with van der Waals surface area (Å²) in [4.78, 5) is 17.1. The Morgan fingerprint density at radius 1 is 1.75 bits per heavy atom. The van der Waals surface area contributed by atoms with Crippen LogP contribution >= 0.6 is 0 Å². The van der Waals surface area contributed by atoms with Crippen LogP contribution in [0.1, 0.15) is 12.6 Å². The Morgan fingerprint density at radius 2 is 2.50 bits per heavy atom. The van der Waals surface area contributed by atoms with Crippen molar-refractivity contribution in [3.05, 3.63) is 22.1 Å². The van der Waals surface area contributed by atoms with Crippen LogP contribution in [0.15, 0.2) is 10.9 Å². The Balaban J connectivity index is 2.79. The number of nitrogens with one attached hydrogen (secondary N) is 1. The molecule has 0 atom stereocenters. The van der Waals surface area contributed by atoms with Gasteiger partial charge in [0.15, 0.2) is 0 Å². The topological polar surface area (TPSA) is 81.0 Å². The van der Waals surface area contributed by atoms with E-state index in [9.17, 15) is 4.79 Å². The molecule has 3 N–H and O–H groups in total. The van der Waals surface area contributed by atoms with Crippen LogP contribution in [-0.2, 0) is 11.3 Å². The van der Waals surface area contributed by atoms with Crippen LogP contribution < -0.4 is 11.3 Å². The van der Waals surface area contributed by atoms with E-state index in [2.05, 4.69) is 9.97 Å². The van der Waals surface area contributed by atoms with Crippen molar-refractivity contribution in [3.63, 3.8) is 0 Å². The minimum atomic E-state index is -0.253. The van der Waals surface area contributed by atoms with Gasteiger partial charge in [0.25, 0.3) is 5.56 Å². The molecule has 0 radical (unpaired) electrons. The minimum absolute atomic E-state index is 0.122. The Hall–Kier alpha value is -1.36. The quantitative estimate of drug-likeness (QED) is 0.661. The number of H-pyrrole nitrogens is 1. The third-order valence-electron chi connectivity index (χ3n) is 1.27. The molecular weight excluding hydrogens is 158 g/mol. The Bertz CT molecular complexity index is 308. The SMILES string of the molecule is CCOCc1cc(=O)[nH]c(N)n1. The molecule has 5 nitrogen and oxygen atoms in total. The molecule has 0 bridgehead atoms. The van der Waals surface area contributed by atoms with Crippen LogP contribution in [0.25, 0.3) is 0 Å². The van der Waals surface area contributed by atoms with E-state index < -0.39 is 0 Å². The van der Waals surface area contributed by atoms with Gasteiger partial charge in [-0.3, -0.25) is 9.78 Å². The zero-order chi connectivity index (χ0) is 8.97. The van der Waals surface area contributed by atoms with Crippen LogP contribution in [-0.4, -0.2) is 16.6 Å². The molecule has 1 rings (SSSR count). The molecule has 1 aromatic rings. The normalized spacial score (nSPS) is 10.1. The van der Waals surface area contributed by atoms with E-state index in [0.717, 1.165) is 0 Å². The minimum Gasteiger partial charge on any atom is -0.375 e. The molecule has 1 aromatic heterocycles. The maximum atomic E-state index is 10.8. The van der Waals surface area contributed by atoms with Gasteiger partial charge in [0.05, 0.1) is 12.3 Å². The van der Waals surface area contributed by atoms with Crippen molar-refractivity contribution >= 4 is 5.95 Å². The summed E-state index contributed by atoms with van der Waals surface area (Å²) in [6.07, 6.45) is 0. The number of ether oxygens (including phenoxy) is 1. The summed E-state index contributed by atoms with van der Waals surface area (Å²) in [6.45, 7) is 2.79. The van der Waals surface area contributed by atoms with Gasteiger partial charge in [-0.1, -0.05) is 0 Å². The fourth-order valence-electron chi connectivity index (χ4n) is 0.809. The van der Waals surface area contributed by atoms with Gasteiger partial charge in [0.2, 0.25) is 5.95 Å². The first-order valence-electron chi connectivity index (χ1n) is 3.66. The molecule has 0 spiro atoms. The first-order valence-corrected chi connectivity index (χ1v) is 3.66. The highest BCUT2D eigenvalue weighted by Crippen LogP contribution is 1.94. The summed E-state index contributed by atoms with van der Waals surface area (Å²) in [5.41, 5.74) is 5.61. The second-order valence-corrected chi connectivity index (χ2v) is 2.26. The summed E-state index contributed by atoms with van der Waals surface area (Å²) in [5, 5.41) is 0. The van der Waals surface area contributed by atoms with E-state index in [-0.39, 0.29) is 11.5 Å². The standard InChI is InChI=1S/C7H11N3O2/c1-2-12-4-5-3-6(11)10-7(8)9-5/h3H,2,4H2,1H3,(H3,8,9,10,11). The second-order valence-electron chi connectivity index (χ2n) is 2.26. The van der Waals surface area contributed by atoms with Crippen LogP contribution in [0, 0.1) is 0 Å². The molecule has 5 heteroatoms. The fraction of sp³-hybridized carbons (Fsp3) is 0.429. The molecule has 0 aliphatic carbocycles. The van der Waals surface area contributed by atoms with Crippen molar-refractivity contribution in [1.29, 1.82) is 0 Å². The monoisotopic (exact) mass is 169 g/mol. The average molecular weight is 169 g/mol. The number of aromatic amines is 1. The van der Waals surface area contributed by atoms with Gasteiger partial charge in [-0.05, 0) is 6.92 Å². The van der Waals surface area contributed by atoms with Gasteiger partial charge in [-0.15, -0.1) is 0 Å². The van der Waals surface area contributed by atoms with E-state index in [0.29, 0.717) is 18.9 Å². The van der Waals surface area contributed by atoms with Gasteiger partial charge in [0.1, 0.15) is 0 Å². The zero-order valence-electron chi connectivity index (χ0n) is 6.83. The van der Waals surface area contributed by atoms with Gasteiger partial charge in [0, 0.05) is 12.7 Å². The summed E-state index contributed by atoms with van der Waals surface area (Å²) in [6, 6.07) is 1.37. The van der Waals surface area contributed by atoms with E-state index in [1.165, 1.54) is 6.07 Å². The molecule has 66 valence electrons. The molecule has 0 saturated carbocycles. The van der Waals surface area contributed by atoms with E-state index in [1.807, 2.05) is 6.92 Å². The predicted octanol–water partition coefficient (Wildman–Crippen LogP) is -0.111. The van der Waals surface area contributed by atoms with E-state index in [1.54, 1.807) is 0 Å². The van der Waals surface area contributed by atoms with Gasteiger partial charge in [-0.25, -0.2) is 4.98 Å². The smallest absolute Gasteiger partial charge is 0.252 e. The maximum Gasteiger partial charge on any atom is 0.252 e. The van der Waals surface area contributed by atoms with Crippen molar-refractivity contribution in [2.75, 3.05) is 12.3 Å². The summed E-state index contributed by atoms with van der Waals surface area (Å²) in [7, 11) is 0. The molecular formula is C7H11N3O2. The Morgan fingerprint density at radius 3 is 3.08 bits per heavy atom. The van der Waals surface area contributed by atoms with Crippen LogP contribution in [0.2, 0.25) is 0 Å². The maximum absolute atomic E-state index is 10.8. The van der Waals surface area contributed by atoms with Crippen molar-refractivity contribution in [1.82, 2.24) is 9.97 Å². The van der Waals surface area contributed by atoms with E-state index >= 15 is 0 Å². The highest BCUT2D eigenvalue weighted by molar-refractivity contribution is 5.16. The van der Waals surface area contributed by atoms with Crippen molar-refractivity contribution in [2.45, 2.75) is 13.5 Å². The number of hydrogen-bond acceptors (Lipinski definition) is 4. The number of rotatable bonds is 3. The first kappa shape index (κ1) is 8.73. The number of nitrogen functional groups attached to an aromatic ring is 1. The van der Waals surface area contributed by atoms with Gasteiger partial charge < -0.3 is 10.5 Å². The van der Waals surface area contributed by atoms with E-state index in [4.69, 9.17) is 10.5 Å². The molecule has 0 aromatic carbocycles. The predicted molar refractivity (Wildman–Crippen MR) is 44.6 cm³/mol. The Kier molecular flexibility index (Phi) is 2.82. The lowest BCUT2D eigenvalue weighted by Gasteiger charge is -2.00. The summed E-state index contributed by atoms with van der Waals surface area (Å²) in [5.74, 6) is 0.122. The van der Waals surface area contributed by atoms with Gasteiger partial charge in [-0.2, -0.15) is 0 Å². The van der Waals surface area contributed by atoms with Crippen molar-refractivity contribution in [2.24, 2.45) is 0 Å². The largest absolute Gasteiger partial charge is 0.375 e. The fourth-order valence-corrected chi connectivity index (χ4v) is 0.809. The highest BCUT2D eigenvalue weighted by Gasteiger charge is 1.97. The number of anilines is 1. The molecule has 0 aliphatic heterocycles. The number of hydrogen-bond donors (Lipinski definition) is 2. The lowest BCUT2D eigenvalue weighted by molar-refractivity contribution is 0.131. The highest BCUT2D eigenvalue weighted by atomic mass is 16.5. The molecule has 1 heterocycles. The second kappa shape index (κ2) is 3.87. The number of aromatic nitrogens is 2.